The molecule has 0 aromatic heterocycles. The number of nitrogens with zero attached hydrogens (tertiary/aromatic N) is 2. The maximum absolute atomic E-state index is 11.5. The van der Waals surface area contributed by atoms with E-state index in [4.69, 9.17) is 0 Å². The fourth-order valence-corrected chi connectivity index (χ4v) is 6.13. The second kappa shape index (κ2) is 16.2. The number of rotatable bonds is 11. The van der Waals surface area contributed by atoms with Gasteiger partial charge in [-0.3, -0.25) is 0 Å². The quantitative estimate of drug-likeness (QED) is 0.235. The van der Waals surface area contributed by atoms with Gasteiger partial charge in [-0.2, -0.15) is 52.7 Å². The van der Waals surface area contributed by atoms with Crippen LogP contribution in [-0.2, 0) is 40.1 Å². The lowest BCUT2D eigenvalue weighted by Gasteiger charge is -2.17. The summed E-state index contributed by atoms with van der Waals surface area (Å²) in [5.41, 5.74) is -24.6. The fraction of sp³-hybridized carbons (Fsp3) is 0.875. The molecule has 0 radical (unpaired) electrons. The summed E-state index contributed by atoms with van der Waals surface area (Å²) in [7, 11) is -24.3. The molecule has 0 saturated carbocycles. The Morgan fingerprint density at radius 3 is 1.09 bits per heavy atom. The highest BCUT2D eigenvalue weighted by atomic mass is 32.3. The van der Waals surface area contributed by atoms with Crippen LogP contribution >= 0.6 is 0 Å². The molecule has 1 rings (SSSR count). The van der Waals surface area contributed by atoms with Crippen LogP contribution in [0.5, 0.6) is 0 Å². The Morgan fingerprint density at radius 1 is 0.545 bits per heavy atom. The van der Waals surface area contributed by atoms with E-state index in [9.17, 15) is 86.4 Å². The molecule has 0 aromatic rings. The molecule has 0 atom stereocenters. The van der Waals surface area contributed by atoms with Gasteiger partial charge in [0, 0.05) is 26.0 Å². The zero-order valence-corrected chi connectivity index (χ0v) is 25.4. The maximum atomic E-state index is 11.5. The van der Waals surface area contributed by atoms with Crippen molar-refractivity contribution < 1.29 is 86.4 Å². The van der Waals surface area contributed by atoms with E-state index in [1.165, 1.54) is 45.1 Å². The van der Waals surface area contributed by atoms with E-state index in [1.807, 2.05) is 0 Å². The van der Waals surface area contributed by atoms with Crippen molar-refractivity contribution in [1.82, 2.24) is 18.1 Å². The first kappa shape index (κ1) is 44.3. The largest absolute Gasteiger partial charge is 0.512 e. The normalized spacial score (nSPS) is 15.4. The minimum Gasteiger partial charge on any atom is -0.362 e. The molecule has 2 N–H and O–H groups in total. The number of nitrogens with one attached hydrogen (secondary N) is 2. The van der Waals surface area contributed by atoms with Crippen molar-refractivity contribution >= 4 is 40.1 Å². The number of alkyl halides is 12. The van der Waals surface area contributed by atoms with Crippen molar-refractivity contribution in [1.29, 1.82) is 0 Å². The number of sulfonamides is 4. The molecule has 1 aliphatic heterocycles. The highest BCUT2D eigenvalue weighted by molar-refractivity contribution is 8.06. The third-order valence-electron chi connectivity index (χ3n) is 4.39. The van der Waals surface area contributed by atoms with Crippen LogP contribution in [0.2, 0.25) is 0 Å². The molecule has 44 heavy (non-hydrogen) atoms. The van der Waals surface area contributed by atoms with Crippen LogP contribution in [0.25, 0.3) is 0 Å². The van der Waals surface area contributed by atoms with Crippen molar-refractivity contribution in [3.63, 3.8) is 0 Å². The van der Waals surface area contributed by atoms with Crippen molar-refractivity contribution in [2.45, 2.75) is 67.5 Å². The summed E-state index contributed by atoms with van der Waals surface area (Å²) >= 11 is 0. The van der Waals surface area contributed by atoms with E-state index < -0.39 is 70.4 Å². The molecular weight excluding hydrogens is 732 g/mol. The first-order valence-corrected chi connectivity index (χ1v) is 17.1. The summed E-state index contributed by atoms with van der Waals surface area (Å²) in [6.07, 6.45) is 12.7. The third kappa shape index (κ3) is 15.5. The van der Waals surface area contributed by atoms with Gasteiger partial charge >= 0.3 is 62.1 Å². The van der Waals surface area contributed by atoms with Gasteiger partial charge in [-0.15, -0.1) is 0 Å². The van der Waals surface area contributed by atoms with E-state index in [2.05, 4.69) is 36.2 Å². The molecule has 0 spiro atoms. The number of halogens is 12. The van der Waals surface area contributed by atoms with Gasteiger partial charge in [0.15, 0.2) is 0 Å². The Bertz CT molecular complexity index is 1190. The van der Waals surface area contributed by atoms with Crippen molar-refractivity contribution in [2.24, 2.45) is 0 Å². The molecule has 28 heteroatoms. The van der Waals surface area contributed by atoms with E-state index in [1.54, 1.807) is 0 Å². The maximum Gasteiger partial charge on any atom is 0.512 e. The van der Waals surface area contributed by atoms with E-state index >= 15 is 0 Å². The molecule has 0 aliphatic carbocycles. The average Bonchev–Trinajstić information content (AvgIpc) is 3.17. The predicted molar refractivity (Wildman–Crippen MR) is 128 cm³/mol. The molecular formula is C16H26F12N4O8S4. The highest BCUT2D eigenvalue weighted by Crippen LogP contribution is 2.28. The molecule has 12 nitrogen and oxygen atoms in total. The topological polar surface area (TPSA) is 167 Å². The minimum absolute atomic E-state index is 0.493. The van der Waals surface area contributed by atoms with Gasteiger partial charge < -0.3 is 9.80 Å². The Balaban J connectivity index is 0. The van der Waals surface area contributed by atoms with Crippen molar-refractivity contribution in [3.8, 4) is 0 Å². The second-order valence-electron chi connectivity index (χ2n) is 8.24. The van der Waals surface area contributed by atoms with Crippen molar-refractivity contribution in [3.05, 3.63) is 12.4 Å². The summed E-state index contributed by atoms with van der Waals surface area (Å²) in [6, 6.07) is 0. The van der Waals surface area contributed by atoms with Gasteiger partial charge in [0.1, 0.15) is 0 Å². The van der Waals surface area contributed by atoms with Crippen LogP contribution in [0.4, 0.5) is 52.7 Å². The SMILES string of the molecule is CCCCCCCCN1C=CN(C)C1.O=S(=O)(NS(=O)(=O)C(F)(F)F)C(F)(F)F.O=S(=O)(NS(=O)(=O)C(F)(F)F)C(F)(F)F. The molecule has 0 saturated heterocycles. The predicted octanol–water partition coefficient (Wildman–Crippen LogP) is 3.57. The van der Waals surface area contributed by atoms with Crippen LogP contribution < -0.4 is 8.25 Å². The van der Waals surface area contributed by atoms with Crippen LogP contribution in [0.1, 0.15) is 45.4 Å². The van der Waals surface area contributed by atoms with Crippen LogP contribution in [-0.4, -0.2) is 85.8 Å². The third-order valence-corrected chi connectivity index (χ3v) is 10.3. The molecule has 266 valence electrons. The molecule has 0 fully saturated rings. The molecule has 1 heterocycles. The molecule has 0 bridgehead atoms. The summed E-state index contributed by atoms with van der Waals surface area (Å²) in [5.74, 6) is 0. The van der Waals surface area contributed by atoms with Crippen LogP contribution in [0.3, 0.4) is 0 Å². The minimum atomic E-state index is -6.60. The van der Waals surface area contributed by atoms with Gasteiger partial charge in [0.25, 0.3) is 0 Å². The number of hydrogen-bond acceptors (Lipinski definition) is 10. The Hall–Kier alpha value is -1.78. The smallest absolute Gasteiger partial charge is 0.362 e. The first-order chi connectivity index (χ1) is 19.2. The molecule has 1 aliphatic rings. The van der Waals surface area contributed by atoms with Crippen molar-refractivity contribution in [2.75, 3.05) is 20.3 Å². The first-order valence-electron chi connectivity index (χ1n) is 11.2. The summed E-state index contributed by atoms with van der Waals surface area (Å²) < 4.78 is 217. The zero-order valence-electron chi connectivity index (χ0n) is 22.1. The van der Waals surface area contributed by atoms with Gasteiger partial charge in [0.2, 0.25) is 0 Å². The Kier molecular flexibility index (Phi) is 16.3. The lowest BCUT2D eigenvalue weighted by molar-refractivity contribution is -0.0487. The van der Waals surface area contributed by atoms with Crippen LogP contribution in [0.15, 0.2) is 12.4 Å². The second-order valence-corrected chi connectivity index (χ2v) is 15.5. The summed E-state index contributed by atoms with van der Waals surface area (Å²) in [5, 5.41) is 0. The number of unbranched alkanes of at least 4 members (excludes halogenated alkanes) is 5. The van der Waals surface area contributed by atoms with Gasteiger partial charge in [0.05, 0.1) is 6.67 Å². The summed E-state index contributed by atoms with van der Waals surface area (Å²) in [6.45, 7) is 4.58. The lowest BCUT2D eigenvalue weighted by Crippen LogP contribution is -2.45. The summed E-state index contributed by atoms with van der Waals surface area (Å²) in [4.78, 5) is 4.61. The van der Waals surface area contributed by atoms with Gasteiger partial charge in [-0.05, 0) is 6.42 Å². The molecule has 0 aromatic carbocycles. The Morgan fingerprint density at radius 2 is 0.841 bits per heavy atom. The van der Waals surface area contributed by atoms with Gasteiger partial charge in [-0.25, -0.2) is 33.7 Å². The Labute approximate surface area is 244 Å². The molecule has 0 amide bonds. The van der Waals surface area contributed by atoms with E-state index in [0.717, 1.165) is 6.67 Å². The standard InChI is InChI=1S/C12H24N2.2C2HF6NO4S2/c1-3-4-5-6-7-8-9-14-11-10-13(2)12-14;2*3-1(4,5)14(10,11)9-15(12,13)2(6,7)8/h10-11H,3-9,12H2,1-2H3;2*9H. The fourth-order valence-electron chi connectivity index (χ4n) is 2.31. The highest BCUT2D eigenvalue weighted by Gasteiger charge is 2.56. The molecule has 0 unspecified atom stereocenters. The zero-order chi connectivity index (χ0) is 35.6. The monoisotopic (exact) mass is 758 g/mol. The van der Waals surface area contributed by atoms with E-state index in [0.29, 0.717) is 0 Å². The average molecular weight is 759 g/mol. The lowest BCUT2D eigenvalue weighted by atomic mass is 10.1. The van der Waals surface area contributed by atoms with Crippen LogP contribution in [0, 0.1) is 0 Å². The van der Waals surface area contributed by atoms with E-state index in [-0.39, 0.29) is 0 Å². The van der Waals surface area contributed by atoms with Gasteiger partial charge in [-0.1, -0.05) is 47.3 Å². The number of hydrogen-bond donors (Lipinski definition) is 2.